The zero-order valence-electron chi connectivity index (χ0n) is 17.6. The minimum Gasteiger partial charge on any atom is -0.445 e. The van der Waals surface area contributed by atoms with Crippen LogP contribution >= 0.6 is 0 Å². The molecule has 0 aromatic heterocycles. The Morgan fingerprint density at radius 1 is 1.03 bits per heavy atom. The summed E-state index contributed by atoms with van der Waals surface area (Å²) in [6.45, 7) is 8.78. The van der Waals surface area contributed by atoms with Crippen LogP contribution in [0.15, 0.2) is 30.3 Å². The van der Waals surface area contributed by atoms with E-state index in [1.54, 1.807) is 9.80 Å². The molecule has 2 saturated heterocycles. The molecule has 2 heterocycles. The van der Waals surface area contributed by atoms with Crippen molar-refractivity contribution in [1.29, 1.82) is 0 Å². The molecule has 7 nitrogen and oxygen atoms in total. The molecule has 29 heavy (non-hydrogen) atoms. The van der Waals surface area contributed by atoms with E-state index in [9.17, 15) is 9.59 Å². The van der Waals surface area contributed by atoms with Gasteiger partial charge in [0.05, 0.1) is 19.3 Å². The van der Waals surface area contributed by atoms with Crippen LogP contribution in [0.5, 0.6) is 0 Å². The maximum Gasteiger partial charge on any atom is 0.410 e. The van der Waals surface area contributed by atoms with Gasteiger partial charge in [0, 0.05) is 19.6 Å². The lowest BCUT2D eigenvalue weighted by Gasteiger charge is -2.40. The van der Waals surface area contributed by atoms with Crippen molar-refractivity contribution in [3.05, 3.63) is 35.9 Å². The van der Waals surface area contributed by atoms with Gasteiger partial charge in [0.2, 0.25) is 0 Å². The summed E-state index contributed by atoms with van der Waals surface area (Å²) in [6.07, 6.45) is 1.11. The summed E-state index contributed by atoms with van der Waals surface area (Å²) in [6, 6.07) is 9.67. The number of ether oxygens (including phenoxy) is 3. The third kappa shape index (κ3) is 6.35. The molecule has 1 aromatic carbocycles. The molecule has 160 valence electrons. The first-order chi connectivity index (χ1) is 13.8. The molecule has 0 bridgehead atoms. The van der Waals surface area contributed by atoms with E-state index < -0.39 is 5.60 Å². The molecule has 2 aliphatic heterocycles. The first kappa shape index (κ1) is 21.4. The number of hydrogen-bond donors (Lipinski definition) is 0. The summed E-state index contributed by atoms with van der Waals surface area (Å²) >= 11 is 0. The molecule has 1 aromatic rings. The molecule has 3 rings (SSSR count). The molecular formula is C22H32N2O5. The van der Waals surface area contributed by atoms with Crippen molar-refractivity contribution in [3.63, 3.8) is 0 Å². The van der Waals surface area contributed by atoms with Crippen molar-refractivity contribution >= 4 is 12.2 Å². The molecule has 0 N–H and O–H groups in total. The zero-order valence-corrected chi connectivity index (χ0v) is 17.6. The number of likely N-dealkylation sites (tertiary alicyclic amines) is 1. The Hall–Kier alpha value is -2.28. The Kier molecular flexibility index (Phi) is 7.00. The predicted molar refractivity (Wildman–Crippen MR) is 108 cm³/mol. The minimum absolute atomic E-state index is 0.0196. The molecule has 0 saturated carbocycles. The summed E-state index contributed by atoms with van der Waals surface area (Å²) in [5.41, 5.74) is 0.487. The van der Waals surface area contributed by atoms with Crippen molar-refractivity contribution in [3.8, 4) is 0 Å². The van der Waals surface area contributed by atoms with Gasteiger partial charge in [-0.05, 0) is 45.1 Å². The minimum atomic E-state index is -0.485. The first-order valence-electron chi connectivity index (χ1n) is 10.4. The number of nitrogens with zero attached hydrogens (tertiary/aromatic N) is 2. The lowest BCUT2D eigenvalue weighted by atomic mass is 9.90. The smallest absolute Gasteiger partial charge is 0.410 e. The van der Waals surface area contributed by atoms with Gasteiger partial charge in [0.25, 0.3) is 0 Å². The second-order valence-electron chi connectivity index (χ2n) is 8.70. The number of piperidine rings is 1. The first-order valence-corrected chi connectivity index (χ1v) is 10.4. The standard InChI is InChI=1S/C22H32N2O5/c1-22(2,3)29-21(26)23-11-9-18(10-12-23)19-15-24(13-14-27-19)20(25)28-16-17-7-5-4-6-8-17/h4-8,18-19H,9-16H2,1-3H3. The third-order valence-electron chi connectivity index (χ3n) is 5.27. The average molecular weight is 405 g/mol. The summed E-state index contributed by atoms with van der Waals surface area (Å²) < 4.78 is 16.9. The van der Waals surface area contributed by atoms with Gasteiger partial charge in [-0.2, -0.15) is 0 Å². The van der Waals surface area contributed by atoms with E-state index in [0.29, 0.717) is 38.7 Å². The van der Waals surface area contributed by atoms with Crippen LogP contribution in [0.1, 0.15) is 39.2 Å². The van der Waals surface area contributed by atoms with Crippen LogP contribution in [0.2, 0.25) is 0 Å². The van der Waals surface area contributed by atoms with Crippen LogP contribution in [-0.2, 0) is 20.8 Å². The fraction of sp³-hybridized carbons (Fsp3) is 0.636. The molecule has 0 radical (unpaired) electrons. The Morgan fingerprint density at radius 3 is 2.38 bits per heavy atom. The largest absolute Gasteiger partial charge is 0.445 e. The van der Waals surface area contributed by atoms with Crippen molar-refractivity contribution in [1.82, 2.24) is 9.80 Å². The fourth-order valence-corrected chi connectivity index (χ4v) is 3.72. The van der Waals surface area contributed by atoms with Crippen LogP contribution in [0, 0.1) is 5.92 Å². The second kappa shape index (κ2) is 9.48. The summed E-state index contributed by atoms with van der Waals surface area (Å²) in [7, 11) is 0. The molecule has 2 fully saturated rings. The van der Waals surface area contributed by atoms with Gasteiger partial charge in [0.1, 0.15) is 12.2 Å². The molecule has 1 unspecified atom stereocenters. The van der Waals surface area contributed by atoms with E-state index >= 15 is 0 Å². The lowest BCUT2D eigenvalue weighted by Crippen LogP contribution is -2.51. The van der Waals surface area contributed by atoms with Gasteiger partial charge in [-0.25, -0.2) is 9.59 Å². The highest BCUT2D eigenvalue weighted by molar-refractivity contribution is 5.68. The number of benzene rings is 1. The van der Waals surface area contributed by atoms with E-state index in [-0.39, 0.29) is 24.9 Å². The molecule has 2 amide bonds. The Morgan fingerprint density at radius 2 is 1.72 bits per heavy atom. The molecule has 2 aliphatic rings. The Balaban J connectivity index is 1.45. The summed E-state index contributed by atoms with van der Waals surface area (Å²) in [4.78, 5) is 28.2. The van der Waals surface area contributed by atoms with Gasteiger partial charge < -0.3 is 24.0 Å². The molecule has 0 spiro atoms. The van der Waals surface area contributed by atoms with Crippen LogP contribution in [0.3, 0.4) is 0 Å². The molecule has 1 atom stereocenters. The second-order valence-corrected chi connectivity index (χ2v) is 8.70. The van der Waals surface area contributed by atoms with E-state index in [2.05, 4.69) is 0 Å². The highest BCUT2D eigenvalue weighted by Crippen LogP contribution is 2.26. The van der Waals surface area contributed by atoms with Crippen molar-refractivity contribution in [2.75, 3.05) is 32.8 Å². The molecular weight excluding hydrogens is 372 g/mol. The van der Waals surface area contributed by atoms with Crippen LogP contribution in [0.25, 0.3) is 0 Å². The Labute approximate surface area is 172 Å². The molecule has 0 aliphatic carbocycles. The highest BCUT2D eigenvalue weighted by atomic mass is 16.6. The highest BCUT2D eigenvalue weighted by Gasteiger charge is 2.35. The Bertz CT molecular complexity index is 680. The topological polar surface area (TPSA) is 68.3 Å². The monoisotopic (exact) mass is 404 g/mol. The van der Waals surface area contributed by atoms with Gasteiger partial charge in [-0.15, -0.1) is 0 Å². The lowest BCUT2D eigenvalue weighted by molar-refractivity contribution is -0.0671. The predicted octanol–water partition coefficient (Wildman–Crippen LogP) is 3.67. The summed E-state index contributed by atoms with van der Waals surface area (Å²) in [5, 5.41) is 0. The van der Waals surface area contributed by atoms with Crippen molar-refractivity contribution in [2.24, 2.45) is 5.92 Å². The van der Waals surface area contributed by atoms with E-state index in [4.69, 9.17) is 14.2 Å². The quantitative estimate of drug-likeness (QED) is 0.769. The van der Waals surface area contributed by atoms with Crippen molar-refractivity contribution in [2.45, 2.75) is 51.9 Å². The van der Waals surface area contributed by atoms with Crippen molar-refractivity contribution < 1.29 is 23.8 Å². The summed E-state index contributed by atoms with van der Waals surface area (Å²) in [5.74, 6) is 0.318. The average Bonchev–Trinajstić information content (AvgIpc) is 2.72. The van der Waals surface area contributed by atoms with Gasteiger partial charge in [0.15, 0.2) is 0 Å². The zero-order chi connectivity index (χ0) is 20.9. The number of carbonyl (C=O) groups is 2. The number of morpholine rings is 1. The normalized spacial score (nSPS) is 21.0. The van der Waals surface area contributed by atoms with Gasteiger partial charge >= 0.3 is 12.2 Å². The van der Waals surface area contributed by atoms with Crippen LogP contribution in [0.4, 0.5) is 9.59 Å². The van der Waals surface area contributed by atoms with Crippen LogP contribution in [-0.4, -0.2) is 66.5 Å². The SMILES string of the molecule is CC(C)(C)OC(=O)N1CCC(C2CN(C(=O)OCc3ccccc3)CCO2)CC1. The maximum absolute atomic E-state index is 12.5. The third-order valence-corrected chi connectivity index (χ3v) is 5.27. The number of rotatable bonds is 3. The van der Waals surface area contributed by atoms with Gasteiger partial charge in [-0.3, -0.25) is 0 Å². The number of hydrogen-bond acceptors (Lipinski definition) is 5. The van der Waals surface area contributed by atoms with Gasteiger partial charge in [-0.1, -0.05) is 30.3 Å². The maximum atomic E-state index is 12.5. The van der Waals surface area contributed by atoms with E-state index in [1.807, 2.05) is 51.1 Å². The van der Waals surface area contributed by atoms with Crippen LogP contribution < -0.4 is 0 Å². The number of amides is 2. The van der Waals surface area contributed by atoms with E-state index in [0.717, 1.165) is 18.4 Å². The number of carbonyl (C=O) groups excluding carboxylic acids is 2. The molecule has 7 heteroatoms. The van der Waals surface area contributed by atoms with E-state index in [1.165, 1.54) is 0 Å². The fourth-order valence-electron chi connectivity index (χ4n) is 3.72.